The van der Waals surface area contributed by atoms with Crippen LogP contribution in [0.25, 0.3) is 0 Å². The Kier molecular flexibility index (Phi) is 14.0. The second kappa shape index (κ2) is 13.3. The molecule has 2 amide bonds. The molecule has 138 valence electrons. The SMILES string of the molecule is CC(=O)NCCOC(C)(C)CO.CC(C)CCNC(=O)C(C)C. The molecule has 0 rings (SSSR count). The van der Waals surface area contributed by atoms with Crippen LogP contribution in [0.15, 0.2) is 0 Å². The van der Waals surface area contributed by atoms with E-state index in [1.807, 2.05) is 13.8 Å². The molecule has 0 spiro atoms. The predicted molar refractivity (Wildman–Crippen MR) is 93.1 cm³/mol. The zero-order chi connectivity index (χ0) is 18.5. The minimum atomic E-state index is -0.515. The molecule has 0 aliphatic rings. The molecule has 6 heteroatoms. The van der Waals surface area contributed by atoms with Gasteiger partial charge in [-0.2, -0.15) is 0 Å². The Hall–Kier alpha value is -1.14. The van der Waals surface area contributed by atoms with E-state index in [1.54, 1.807) is 13.8 Å². The fourth-order valence-corrected chi connectivity index (χ4v) is 1.29. The lowest BCUT2D eigenvalue weighted by Crippen LogP contribution is -2.33. The van der Waals surface area contributed by atoms with Gasteiger partial charge in [0.2, 0.25) is 11.8 Å². The Labute approximate surface area is 141 Å². The summed E-state index contributed by atoms with van der Waals surface area (Å²) in [5, 5.41) is 14.3. The molecule has 0 aromatic rings. The van der Waals surface area contributed by atoms with Gasteiger partial charge in [0.05, 0.1) is 18.8 Å². The molecule has 0 radical (unpaired) electrons. The van der Waals surface area contributed by atoms with Crippen molar-refractivity contribution in [3.63, 3.8) is 0 Å². The lowest BCUT2D eigenvalue weighted by atomic mass is 10.1. The molecular weight excluding hydrogens is 296 g/mol. The molecule has 0 aromatic heterocycles. The molecule has 0 saturated carbocycles. The number of hydrogen-bond acceptors (Lipinski definition) is 4. The zero-order valence-electron chi connectivity index (χ0n) is 15.9. The smallest absolute Gasteiger partial charge is 0.222 e. The molecule has 0 heterocycles. The molecule has 23 heavy (non-hydrogen) atoms. The summed E-state index contributed by atoms with van der Waals surface area (Å²) >= 11 is 0. The number of aliphatic hydroxyl groups is 1. The van der Waals surface area contributed by atoms with Crippen molar-refractivity contribution in [1.82, 2.24) is 10.6 Å². The van der Waals surface area contributed by atoms with Crippen molar-refractivity contribution >= 4 is 11.8 Å². The topological polar surface area (TPSA) is 87.7 Å². The normalized spacial score (nSPS) is 11.0. The predicted octanol–water partition coefficient (Wildman–Crippen LogP) is 1.71. The Morgan fingerprint density at radius 2 is 1.65 bits per heavy atom. The van der Waals surface area contributed by atoms with Gasteiger partial charge >= 0.3 is 0 Å². The third kappa shape index (κ3) is 18.8. The van der Waals surface area contributed by atoms with Crippen LogP contribution in [-0.4, -0.2) is 48.8 Å². The molecular formula is C17H36N2O4. The summed E-state index contributed by atoms with van der Waals surface area (Å²) in [6, 6.07) is 0. The lowest BCUT2D eigenvalue weighted by molar-refractivity contribution is -0.124. The molecule has 0 fully saturated rings. The molecule has 0 saturated heterocycles. The van der Waals surface area contributed by atoms with Crippen LogP contribution in [-0.2, 0) is 14.3 Å². The van der Waals surface area contributed by atoms with Crippen molar-refractivity contribution in [3.05, 3.63) is 0 Å². The van der Waals surface area contributed by atoms with E-state index in [-0.39, 0.29) is 24.3 Å². The van der Waals surface area contributed by atoms with Crippen LogP contribution in [0.1, 0.15) is 54.9 Å². The molecule has 0 aliphatic carbocycles. The van der Waals surface area contributed by atoms with Crippen LogP contribution in [0.3, 0.4) is 0 Å². The number of aliphatic hydroxyl groups excluding tert-OH is 1. The highest BCUT2D eigenvalue weighted by Gasteiger charge is 2.15. The number of hydrogen-bond donors (Lipinski definition) is 3. The molecule has 0 aliphatic heterocycles. The van der Waals surface area contributed by atoms with Crippen molar-refractivity contribution in [2.45, 2.75) is 60.5 Å². The number of rotatable bonds is 9. The summed E-state index contributed by atoms with van der Waals surface area (Å²) in [7, 11) is 0. The van der Waals surface area contributed by atoms with Crippen molar-refractivity contribution in [2.75, 3.05) is 26.3 Å². The van der Waals surface area contributed by atoms with Gasteiger partial charge in [-0.15, -0.1) is 0 Å². The van der Waals surface area contributed by atoms with Gasteiger partial charge in [-0.1, -0.05) is 27.7 Å². The summed E-state index contributed by atoms with van der Waals surface area (Å²) in [5.74, 6) is 0.871. The van der Waals surface area contributed by atoms with Crippen molar-refractivity contribution in [2.24, 2.45) is 11.8 Å². The summed E-state index contributed by atoms with van der Waals surface area (Å²) in [6.07, 6.45) is 1.07. The van der Waals surface area contributed by atoms with E-state index in [9.17, 15) is 9.59 Å². The van der Waals surface area contributed by atoms with Gasteiger partial charge in [-0.05, 0) is 26.2 Å². The molecule has 0 aromatic carbocycles. The summed E-state index contributed by atoms with van der Waals surface area (Å²) < 4.78 is 5.26. The Morgan fingerprint density at radius 3 is 2.04 bits per heavy atom. The molecule has 6 nitrogen and oxygen atoms in total. The van der Waals surface area contributed by atoms with Crippen LogP contribution in [0.5, 0.6) is 0 Å². The fraction of sp³-hybridized carbons (Fsp3) is 0.882. The highest BCUT2D eigenvalue weighted by Crippen LogP contribution is 2.05. The van der Waals surface area contributed by atoms with E-state index in [0.717, 1.165) is 13.0 Å². The lowest BCUT2D eigenvalue weighted by Gasteiger charge is -2.22. The average Bonchev–Trinajstić information content (AvgIpc) is 2.43. The van der Waals surface area contributed by atoms with Gasteiger partial charge < -0.3 is 20.5 Å². The zero-order valence-corrected chi connectivity index (χ0v) is 15.9. The van der Waals surface area contributed by atoms with Gasteiger partial charge in [0.25, 0.3) is 0 Å². The largest absolute Gasteiger partial charge is 0.393 e. The quantitative estimate of drug-likeness (QED) is 0.561. The molecule has 0 unspecified atom stereocenters. The second-order valence-corrected chi connectivity index (χ2v) is 6.88. The van der Waals surface area contributed by atoms with Crippen LogP contribution >= 0.6 is 0 Å². The van der Waals surface area contributed by atoms with E-state index < -0.39 is 5.60 Å². The summed E-state index contributed by atoms with van der Waals surface area (Å²) in [6.45, 7) is 14.9. The first kappa shape index (κ1) is 24.1. The van der Waals surface area contributed by atoms with Crippen molar-refractivity contribution in [3.8, 4) is 0 Å². The third-order valence-electron chi connectivity index (χ3n) is 2.89. The number of ether oxygens (including phenoxy) is 1. The van der Waals surface area contributed by atoms with E-state index in [4.69, 9.17) is 9.84 Å². The minimum Gasteiger partial charge on any atom is -0.393 e. The standard InChI is InChI=1S/C9H19NO.C8H17NO3/c1-7(2)5-6-10-9(11)8(3)4;1-7(11)9-4-5-12-8(2,3)6-10/h7-8H,5-6H2,1-4H3,(H,10,11);10H,4-6H2,1-3H3,(H,9,11). The van der Waals surface area contributed by atoms with Gasteiger partial charge in [-0.25, -0.2) is 0 Å². The third-order valence-corrected chi connectivity index (χ3v) is 2.89. The fourth-order valence-electron chi connectivity index (χ4n) is 1.29. The monoisotopic (exact) mass is 332 g/mol. The van der Waals surface area contributed by atoms with E-state index in [0.29, 0.717) is 19.1 Å². The van der Waals surface area contributed by atoms with E-state index in [1.165, 1.54) is 6.92 Å². The Bertz CT molecular complexity index is 329. The average molecular weight is 332 g/mol. The molecule has 3 N–H and O–H groups in total. The first-order valence-electron chi connectivity index (χ1n) is 8.28. The number of carbonyl (C=O) groups is 2. The summed E-state index contributed by atoms with van der Waals surface area (Å²) in [5.41, 5.74) is -0.515. The number of amides is 2. The molecule has 0 bridgehead atoms. The van der Waals surface area contributed by atoms with E-state index in [2.05, 4.69) is 24.5 Å². The van der Waals surface area contributed by atoms with Crippen molar-refractivity contribution in [1.29, 1.82) is 0 Å². The Morgan fingerprint density at radius 1 is 1.09 bits per heavy atom. The first-order valence-corrected chi connectivity index (χ1v) is 8.28. The second-order valence-electron chi connectivity index (χ2n) is 6.88. The van der Waals surface area contributed by atoms with Crippen LogP contribution in [0, 0.1) is 11.8 Å². The Balaban J connectivity index is 0. The highest BCUT2D eigenvalue weighted by atomic mass is 16.5. The minimum absolute atomic E-state index is 0.0208. The van der Waals surface area contributed by atoms with Gasteiger partial charge in [-0.3, -0.25) is 9.59 Å². The maximum atomic E-state index is 11.0. The van der Waals surface area contributed by atoms with Crippen LogP contribution in [0.4, 0.5) is 0 Å². The van der Waals surface area contributed by atoms with Gasteiger partial charge in [0.1, 0.15) is 0 Å². The highest BCUT2D eigenvalue weighted by molar-refractivity contribution is 5.77. The van der Waals surface area contributed by atoms with Gasteiger partial charge in [0.15, 0.2) is 0 Å². The number of nitrogens with one attached hydrogen (secondary N) is 2. The first-order chi connectivity index (χ1) is 10.5. The molecule has 0 atom stereocenters. The van der Waals surface area contributed by atoms with Crippen LogP contribution in [0.2, 0.25) is 0 Å². The van der Waals surface area contributed by atoms with Gasteiger partial charge in [0, 0.05) is 25.9 Å². The summed E-state index contributed by atoms with van der Waals surface area (Å²) in [4.78, 5) is 21.4. The van der Waals surface area contributed by atoms with Crippen LogP contribution < -0.4 is 10.6 Å². The van der Waals surface area contributed by atoms with Crippen molar-refractivity contribution < 1.29 is 19.4 Å². The maximum absolute atomic E-state index is 11.0. The van der Waals surface area contributed by atoms with E-state index >= 15 is 0 Å². The number of carbonyl (C=O) groups excluding carboxylic acids is 2. The maximum Gasteiger partial charge on any atom is 0.222 e.